The van der Waals surface area contributed by atoms with Crippen LogP contribution in [0.3, 0.4) is 0 Å². The second-order valence-electron chi connectivity index (χ2n) is 6.99. The van der Waals surface area contributed by atoms with Gasteiger partial charge in [-0.1, -0.05) is 36.4 Å². The first-order valence-corrected chi connectivity index (χ1v) is 11.0. The Morgan fingerprint density at radius 2 is 1.62 bits per heavy atom. The minimum absolute atomic E-state index is 0.133. The summed E-state index contributed by atoms with van der Waals surface area (Å²) in [6, 6.07) is 15.5. The number of nitrogens with zero attached hydrogens (tertiary/aromatic N) is 1. The van der Waals surface area contributed by atoms with Crippen LogP contribution in [0.4, 0.5) is 5.69 Å². The van der Waals surface area contributed by atoms with Gasteiger partial charge in [0.25, 0.3) is 0 Å². The number of carbonyl (C=O) groups excluding carboxylic acids is 2. The standard InChI is InChI=1S/C21H25N3O4S/c1-22-20(25)15-17-7-5-6-10-19(17)23-21(26)16-11-13-24(14-12-16)29(27,28)18-8-3-2-4-9-18/h2-10,16H,11-15H2,1H3,(H,22,25)(H,23,26). The average Bonchev–Trinajstić information content (AvgIpc) is 2.75. The van der Waals surface area contributed by atoms with Gasteiger partial charge in [0.1, 0.15) is 0 Å². The second-order valence-corrected chi connectivity index (χ2v) is 8.93. The first-order valence-electron chi connectivity index (χ1n) is 9.56. The van der Waals surface area contributed by atoms with Crippen molar-refractivity contribution in [3.63, 3.8) is 0 Å². The number of hydrogen-bond donors (Lipinski definition) is 2. The first-order chi connectivity index (χ1) is 13.9. The molecular formula is C21H25N3O4S. The van der Waals surface area contributed by atoms with Crippen molar-refractivity contribution >= 4 is 27.5 Å². The minimum atomic E-state index is -3.54. The average molecular weight is 416 g/mol. The number of nitrogens with one attached hydrogen (secondary N) is 2. The van der Waals surface area contributed by atoms with E-state index in [1.165, 1.54) is 4.31 Å². The molecule has 0 unspecified atom stereocenters. The van der Waals surface area contributed by atoms with Gasteiger partial charge in [-0.25, -0.2) is 8.42 Å². The van der Waals surface area contributed by atoms with E-state index in [-0.39, 0.29) is 29.0 Å². The third-order valence-corrected chi connectivity index (χ3v) is 7.02. The van der Waals surface area contributed by atoms with Crippen LogP contribution < -0.4 is 10.6 Å². The molecule has 3 rings (SSSR count). The Morgan fingerprint density at radius 3 is 2.28 bits per heavy atom. The molecule has 154 valence electrons. The lowest BCUT2D eigenvalue weighted by Gasteiger charge is -2.30. The van der Waals surface area contributed by atoms with Crippen molar-refractivity contribution in [3.05, 3.63) is 60.2 Å². The SMILES string of the molecule is CNC(=O)Cc1ccccc1NC(=O)C1CCN(S(=O)(=O)c2ccccc2)CC1. The van der Waals surface area contributed by atoms with Crippen LogP contribution in [-0.4, -0.2) is 44.7 Å². The molecule has 0 aliphatic carbocycles. The molecule has 1 aliphatic heterocycles. The van der Waals surface area contributed by atoms with Crippen molar-refractivity contribution < 1.29 is 18.0 Å². The summed E-state index contributed by atoms with van der Waals surface area (Å²) in [5, 5.41) is 5.48. The number of carbonyl (C=O) groups is 2. The first kappa shape index (κ1) is 21.0. The highest BCUT2D eigenvalue weighted by Gasteiger charge is 2.32. The second kappa shape index (κ2) is 9.19. The van der Waals surface area contributed by atoms with E-state index in [4.69, 9.17) is 0 Å². The van der Waals surface area contributed by atoms with E-state index in [2.05, 4.69) is 10.6 Å². The fourth-order valence-corrected chi connectivity index (χ4v) is 4.88. The van der Waals surface area contributed by atoms with Crippen molar-refractivity contribution in [1.29, 1.82) is 0 Å². The lowest BCUT2D eigenvalue weighted by molar-refractivity contribution is -0.121. The number of likely N-dealkylation sites (N-methyl/N-ethyl adjacent to an activating group) is 1. The highest BCUT2D eigenvalue weighted by molar-refractivity contribution is 7.89. The van der Waals surface area contributed by atoms with Gasteiger partial charge in [0, 0.05) is 31.7 Å². The molecule has 0 atom stereocenters. The van der Waals surface area contributed by atoms with Gasteiger partial charge in [-0.3, -0.25) is 9.59 Å². The van der Waals surface area contributed by atoms with Gasteiger partial charge in [-0.05, 0) is 36.6 Å². The van der Waals surface area contributed by atoms with Crippen molar-refractivity contribution in [2.45, 2.75) is 24.2 Å². The smallest absolute Gasteiger partial charge is 0.243 e. The molecule has 2 N–H and O–H groups in total. The number of sulfonamides is 1. The van der Waals surface area contributed by atoms with Crippen LogP contribution in [0.2, 0.25) is 0 Å². The molecule has 0 aromatic heterocycles. The molecule has 0 radical (unpaired) electrons. The van der Waals surface area contributed by atoms with Crippen LogP contribution in [0.5, 0.6) is 0 Å². The zero-order valence-electron chi connectivity index (χ0n) is 16.3. The van der Waals surface area contributed by atoms with E-state index < -0.39 is 10.0 Å². The summed E-state index contributed by atoms with van der Waals surface area (Å²) in [7, 11) is -1.97. The maximum atomic E-state index is 12.7. The summed E-state index contributed by atoms with van der Waals surface area (Å²) >= 11 is 0. The van der Waals surface area contributed by atoms with Gasteiger partial charge in [0.2, 0.25) is 21.8 Å². The predicted octanol–water partition coefficient (Wildman–Crippen LogP) is 2.01. The van der Waals surface area contributed by atoms with E-state index in [0.717, 1.165) is 5.56 Å². The lowest BCUT2D eigenvalue weighted by Crippen LogP contribution is -2.41. The molecule has 0 bridgehead atoms. The molecule has 2 amide bonds. The fraction of sp³-hybridized carbons (Fsp3) is 0.333. The van der Waals surface area contributed by atoms with Crippen LogP contribution in [0.15, 0.2) is 59.5 Å². The number of anilines is 1. The largest absolute Gasteiger partial charge is 0.359 e. The Morgan fingerprint density at radius 1 is 1.00 bits per heavy atom. The minimum Gasteiger partial charge on any atom is -0.359 e. The molecule has 1 heterocycles. The fourth-order valence-electron chi connectivity index (χ4n) is 3.39. The molecular weight excluding hydrogens is 390 g/mol. The van der Waals surface area contributed by atoms with E-state index in [1.807, 2.05) is 6.07 Å². The molecule has 0 saturated carbocycles. The van der Waals surface area contributed by atoms with Crippen LogP contribution in [-0.2, 0) is 26.0 Å². The zero-order valence-corrected chi connectivity index (χ0v) is 17.1. The lowest BCUT2D eigenvalue weighted by atomic mass is 9.97. The Bertz CT molecular complexity index is 968. The summed E-state index contributed by atoms with van der Waals surface area (Å²) in [4.78, 5) is 24.7. The molecule has 29 heavy (non-hydrogen) atoms. The molecule has 2 aromatic rings. The summed E-state index contributed by atoms with van der Waals surface area (Å²) < 4.78 is 26.9. The molecule has 7 nitrogen and oxygen atoms in total. The molecule has 1 saturated heterocycles. The van der Waals surface area contributed by atoms with Crippen LogP contribution in [0, 0.1) is 5.92 Å². The van der Waals surface area contributed by atoms with Gasteiger partial charge in [0.05, 0.1) is 11.3 Å². The Kier molecular flexibility index (Phi) is 6.66. The Hall–Kier alpha value is -2.71. The summed E-state index contributed by atoms with van der Waals surface area (Å²) in [5.74, 6) is -0.553. The number of benzene rings is 2. The van der Waals surface area contributed by atoms with Crippen molar-refractivity contribution in [3.8, 4) is 0 Å². The molecule has 1 fully saturated rings. The molecule has 0 spiro atoms. The third kappa shape index (κ3) is 5.02. The van der Waals surface area contributed by atoms with Gasteiger partial charge < -0.3 is 10.6 Å². The van der Waals surface area contributed by atoms with Gasteiger partial charge >= 0.3 is 0 Å². The summed E-state index contributed by atoms with van der Waals surface area (Å²) in [6.07, 6.45) is 1.09. The van der Waals surface area contributed by atoms with Crippen molar-refractivity contribution in [2.75, 3.05) is 25.5 Å². The monoisotopic (exact) mass is 415 g/mol. The number of hydrogen-bond acceptors (Lipinski definition) is 4. The maximum Gasteiger partial charge on any atom is 0.243 e. The van der Waals surface area contributed by atoms with E-state index in [9.17, 15) is 18.0 Å². The summed E-state index contributed by atoms with van der Waals surface area (Å²) in [5.41, 5.74) is 1.35. The molecule has 2 aromatic carbocycles. The maximum absolute atomic E-state index is 12.7. The highest BCUT2D eigenvalue weighted by Crippen LogP contribution is 2.25. The predicted molar refractivity (Wildman–Crippen MR) is 111 cm³/mol. The normalized spacial score (nSPS) is 15.6. The number of para-hydroxylation sites is 1. The molecule has 8 heteroatoms. The van der Waals surface area contributed by atoms with E-state index >= 15 is 0 Å². The van der Waals surface area contributed by atoms with Gasteiger partial charge in [-0.15, -0.1) is 0 Å². The third-order valence-electron chi connectivity index (χ3n) is 5.11. The van der Waals surface area contributed by atoms with Gasteiger partial charge in [-0.2, -0.15) is 4.31 Å². The van der Waals surface area contributed by atoms with Crippen molar-refractivity contribution in [2.24, 2.45) is 5.92 Å². The van der Waals surface area contributed by atoms with E-state index in [1.54, 1.807) is 55.6 Å². The topological polar surface area (TPSA) is 95.6 Å². The zero-order chi connectivity index (χ0) is 20.9. The van der Waals surface area contributed by atoms with E-state index in [0.29, 0.717) is 31.6 Å². The number of piperidine rings is 1. The van der Waals surface area contributed by atoms with Crippen molar-refractivity contribution in [1.82, 2.24) is 9.62 Å². The Balaban J connectivity index is 1.62. The number of rotatable bonds is 6. The van der Waals surface area contributed by atoms with Gasteiger partial charge in [0.15, 0.2) is 0 Å². The molecule has 1 aliphatic rings. The van der Waals surface area contributed by atoms with Crippen LogP contribution in [0.25, 0.3) is 0 Å². The quantitative estimate of drug-likeness (QED) is 0.754. The summed E-state index contributed by atoms with van der Waals surface area (Å²) in [6.45, 7) is 0.602. The number of amides is 2. The highest BCUT2D eigenvalue weighted by atomic mass is 32.2. The van der Waals surface area contributed by atoms with Crippen LogP contribution >= 0.6 is 0 Å². The Labute approximate surface area is 171 Å². The van der Waals surface area contributed by atoms with Crippen LogP contribution in [0.1, 0.15) is 18.4 Å².